The highest BCUT2D eigenvalue weighted by Crippen LogP contribution is 2.32. The molecule has 2 rings (SSSR count). The van der Waals surface area contributed by atoms with Crippen molar-refractivity contribution < 1.29 is 4.74 Å². The molecule has 0 radical (unpaired) electrons. The number of hydrogen-bond acceptors (Lipinski definition) is 2. The molecular formula is C12H16ClNO. The third-order valence-corrected chi connectivity index (χ3v) is 2.91. The maximum absolute atomic E-state index is 6.07. The molecule has 1 aromatic carbocycles. The van der Waals surface area contributed by atoms with Crippen molar-refractivity contribution in [3.63, 3.8) is 0 Å². The monoisotopic (exact) mass is 225 g/mol. The van der Waals surface area contributed by atoms with E-state index in [4.69, 9.17) is 22.1 Å². The van der Waals surface area contributed by atoms with Gasteiger partial charge < -0.3 is 10.5 Å². The van der Waals surface area contributed by atoms with E-state index in [0.29, 0.717) is 6.54 Å². The van der Waals surface area contributed by atoms with Crippen LogP contribution in [0.5, 0.6) is 5.75 Å². The molecule has 0 amide bonds. The summed E-state index contributed by atoms with van der Waals surface area (Å²) >= 11 is 6.07. The van der Waals surface area contributed by atoms with Gasteiger partial charge in [-0.1, -0.05) is 11.6 Å². The summed E-state index contributed by atoms with van der Waals surface area (Å²) in [6.45, 7) is 1.53. The lowest BCUT2D eigenvalue weighted by atomic mass is 10.00. The summed E-state index contributed by atoms with van der Waals surface area (Å²) < 4.78 is 5.71. The van der Waals surface area contributed by atoms with Gasteiger partial charge in [-0.05, 0) is 55.5 Å². The molecule has 2 nitrogen and oxygen atoms in total. The number of halogens is 1. The summed E-state index contributed by atoms with van der Waals surface area (Å²) in [5, 5.41) is 0.811. The second-order valence-corrected chi connectivity index (χ2v) is 4.33. The molecule has 0 aromatic heterocycles. The lowest BCUT2D eigenvalue weighted by molar-refractivity contribution is 0.285. The Morgan fingerprint density at radius 1 is 1.40 bits per heavy atom. The van der Waals surface area contributed by atoms with E-state index in [0.717, 1.165) is 43.1 Å². The zero-order valence-corrected chi connectivity index (χ0v) is 9.52. The standard InChI is InChI=1S/C12H16ClNO/c13-11-7-9(3-1-5-14)12-10(8-11)4-2-6-15-12/h7-8H,1-6,14H2. The van der Waals surface area contributed by atoms with Crippen LogP contribution in [-0.2, 0) is 12.8 Å². The van der Waals surface area contributed by atoms with Crippen LogP contribution in [0.1, 0.15) is 24.0 Å². The third-order valence-electron chi connectivity index (χ3n) is 2.69. The van der Waals surface area contributed by atoms with Gasteiger partial charge in [-0.25, -0.2) is 0 Å². The SMILES string of the molecule is NCCCc1cc(Cl)cc2c1OCCC2. The van der Waals surface area contributed by atoms with Crippen molar-refractivity contribution in [3.8, 4) is 5.75 Å². The second kappa shape index (κ2) is 4.86. The molecular weight excluding hydrogens is 210 g/mol. The van der Waals surface area contributed by atoms with Crippen molar-refractivity contribution in [2.24, 2.45) is 5.73 Å². The van der Waals surface area contributed by atoms with E-state index < -0.39 is 0 Å². The number of benzene rings is 1. The molecule has 0 spiro atoms. The summed E-state index contributed by atoms with van der Waals surface area (Å²) in [5.41, 5.74) is 7.98. The predicted octanol–water partition coefficient (Wildman–Crippen LogP) is 2.56. The maximum atomic E-state index is 6.07. The van der Waals surface area contributed by atoms with Gasteiger partial charge in [-0.3, -0.25) is 0 Å². The first-order valence-corrected chi connectivity index (χ1v) is 5.83. The Morgan fingerprint density at radius 2 is 2.27 bits per heavy atom. The number of nitrogens with two attached hydrogens (primary N) is 1. The summed E-state index contributed by atoms with van der Waals surface area (Å²) in [6, 6.07) is 4.02. The van der Waals surface area contributed by atoms with E-state index in [1.165, 1.54) is 11.1 Å². The molecule has 1 heterocycles. The van der Waals surface area contributed by atoms with Crippen molar-refractivity contribution >= 4 is 11.6 Å². The number of hydrogen-bond donors (Lipinski definition) is 1. The molecule has 0 fully saturated rings. The first kappa shape index (κ1) is 10.8. The molecule has 1 aliphatic heterocycles. The van der Waals surface area contributed by atoms with Crippen LogP contribution in [0.4, 0.5) is 0 Å². The summed E-state index contributed by atoms with van der Waals surface area (Å²) in [7, 11) is 0. The van der Waals surface area contributed by atoms with Gasteiger partial charge in [0, 0.05) is 5.02 Å². The van der Waals surface area contributed by atoms with Crippen LogP contribution < -0.4 is 10.5 Å². The summed E-state index contributed by atoms with van der Waals surface area (Å²) in [5.74, 6) is 1.05. The van der Waals surface area contributed by atoms with Crippen LogP contribution in [0.25, 0.3) is 0 Å². The lowest BCUT2D eigenvalue weighted by Crippen LogP contribution is -2.11. The third kappa shape index (κ3) is 2.44. The van der Waals surface area contributed by atoms with Crippen molar-refractivity contribution in [3.05, 3.63) is 28.3 Å². The molecule has 0 bridgehead atoms. The zero-order chi connectivity index (χ0) is 10.7. The minimum absolute atomic E-state index is 0.710. The molecule has 82 valence electrons. The van der Waals surface area contributed by atoms with Gasteiger partial charge in [0.15, 0.2) is 0 Å². The molecule has 1 aromatic rings. The number of fused-ring (bicyclic) bond motifs is 1. The van der Waals surface area contributed by atoms with Gasteiger partial charge in [0.05, 0.1) is 6.61 Å². The molecule has 3 heteroatoms. The van der Waals surface area contributed by atoms with Crippen LogP contribution in [0.3, 0.4) is 0 Å². The van der Waals surface area contributed by atoms with Gasteiger partial charge >= 0.3 is 0 Å². The fraction of sp³-hybridized carbons (Fsp3) is 0.500. The Balaban J connectivity index is 2.30. The zero-order valence-electron chi connectivity index (χ0n) is 8.76. The Morgan fingerprint density at radius 3 is 3.07 bits per heavy atom. The number of rotatable bonds is 3. The molecule has 0 unspecified atom stereocenters. The van der Waals surface area contributed by atoms with E-state index in [1.807, 2.05) is 12.1 Å². The van der Waals surface area contributed by atoms with Crippen molar-refractivity contribution in [1.82, 2.24) is 0 Å². The average Bonchev–Trinajstić information content (AvgIpc) is 2.25. The van der Waals surface area contributed by atoms with Crippen LogP contribution in [0.2, 0.25) is 5.02 Å². The summed E-state index contributed by atoms with van der Waals surface area (Å²) in [4.78, 5) is 0. The van der Waals surface area contributed by atoms with E-state index in [9.17, 15) is 0 Å². The lowest BCUT2D eigenvalue weighted by Gasteiger charge is -2.20. The highest BCUT2D eigenvalue weighted by atomic mass is 35.5. The smallest absolute Gasteiger partial charge is 0.125 e. The Hall–Kier alpha value is -0.730. The molecule has 0 atom stereocenters. The van der Waals surface area contributed by atoms with Crippen LogP contribution in [0.15, 0.2) is 12.1 Å². The van der Waals surface area contributed by atoms with Crippen molar-refractivity contribution in [2.45, 2.75) is 25.7 Å². The van der Waals surface area contributed by atoms with Crippen molar-refractivity contribution in [2.75, 3.05) is 13.2 Å². The highest BCUT2D eigenvalue weighted by Gasteiger charge is 2.15. The van der Waals surface area contributed by atoms with Gasteiger partial charge in [0.1, 0.15) is 5.75 Å². The fourth-order valence-electron chi connectivity index (χ4n) is 2.00. The Kier molecular flexibility index (Phi) is 3.49. The first-order chi connectivity index (χ1) is 7.31. The molecule has 1 aliphatic rings. The van der Waals surface area contributed by atoms with E-state index in [1.54, 1.807) is 0 Å². The van der Waals surface area contributed by atoms with Crippen LogP contribution in [0, 0.1) is 0 Å². The Labute approximate surface area is 95.4 Å². The van der Waals surface area contributed by atoms with Gasteiger partial charge in [-0.2, -0.15) is 0 Å². The largest absolute Gasteiger partial charge is 0.493 e. The fourth-order valence-corrected chi connectivity index (χ4v) is 2.26. The highest BCUT2D eigenvalue weighted by molar-refractivity contribution is 6.30. The quantitative estimate of drug-likeness (QED) is 0.858. The summed E-state index contributed by atoms with van der Waals surface area (Å²) in [6.07, 6.45) is 4.10. The minimum Gasteiger partial charge on any atom is -0.493 e. The predicted molar refractivity (Wildman–Crippen MR) is 62.6 cm³/mol. The van der Waals surface area contributed by atoms with Crippen LogP contribution in [-0.4, -0.2) is 13.2 Å². The van der Waals surface area contributed by atoms with E-state index in [2.05, 4.69) is 0 Å². The Bertz CT molecular complexity index is 352. The number of ether oxygens (including phenoxy) is 1. The maximum Gasteiger partial charge on any atom is 0.125 e. The topological polar surface area (TPSA) is 35.2 Å². The van der Waals surface area contributed by atoms with Gasteiger partial charge in [0.25, 0.3) is 0 Å². The van der Waals surface area contributed by atoms with Crippen molar-refractivity contribution in [1.29, 1.82) is 0 Å². The molecule has 15 heavy (non-hydrogen) atoms. The second-order valence-electron chi connectivity index (χ2n) is 3.90. The van der Waals surface area contributed by atoms with Crippen LogP contribution >= 0.6 is 11.6 Å². The average molecular weight is 226 g/mol. The molecule has 0 aliphatic carbocycles. The molecule has 0 saturated heterocycles. The first-order valence-electron chi connectivity index (χ1n) is 5.45. The number of aryl methyl sites for hydroxylation is 2. The van der Waals surface area contributed by atoms with E-state index in [-0.39, 0.29) is 0 Å². The van der Waals surface area contributed by atoms with Gasteiger partial charge in [-0.15, -0.1) is 0 Å². The normalized spacial score (nSPS) is 14.5. The van der Waals surface area contributed by atoms with Gasteiger partial charge in [0.2, 0.25) is 0 Å². The molecule has 2 N–H and O–H groups in total. The molecule has 0 saturated carbocycles. The minimum atomic E-state index is 0.710. The van der Waals surface area contributed by atoms with E-state index >= 15 is 0 Å².